The molecule has 38 heavy (non-hydrogen) atoms. The molecule has 1 fully saturated rings. The lowest BCUT2D eigenvalue weighted by Gasteiger charge is -2.59. The molecule has 0 unspecified atom stereocenters. The van der Waals surface area contributed by atoms with Crippen LogP contribution >= 0.6 is 0 Å². The number of methoxy groups -OCH3 is 1. The van der Waals surface area contributed by atoms with Gasteiger partial charge in [0.1, 0.15) is 5.78 Å². The van der Waals surface area contributed by atoms with E-state index in [9.17, 15) is 29.1 Å². The van der Waals surface area contributed by atoms with E-state index in [0.717, 1.165) is 5.57 Å². The van der Waals surface area contributed by atoms with Crippen molar-refractivity contribution in [1.29, 1.82) is 0 Å². The van der Waals surface area contributed by atoms with Crippen LogP contribution in [0.2, 0.25) is 0 Å². The molecule has 4 aliphatic rings. The molecule has 0 saturated heterocycles. The van der Waals surface area contributed by atoms with Gasteiger partial charge in [0.2, 0.25) is 0 Å². The third-order valence-corrected chi connectivity index (χ3v) is 11.0. The van der Waals surface area contributed by atoms with Crippen molar-refractivity contribution >= 4 is 29.1 Å². The van der Waals surface area contributed by atoms with Gasteiger partial charge in [-0.25, -0.2) is 0 Å². The van der Waals surface area contributed by atoms with Crippen LogP contribution in [0.4, 0.5) is 0 Å². The number of hydrogen-bond donors (Lipinski definition) is 1. The Bertz CT molecular complexity index is 1190. The summed E-state index contributed by atoms with van der Waals surface area (Å²) in [5.41, 5.74) is -1.66. The van der Waals surface area contributed by atoms with E-state index in [2.05, 4.69) is 0 Å². The Morgan fingerprint density at radius 2 is 1.66 bits per heavy atom. The quantitative estimate of drug-likeness (QED) is 0.512. The minimum Gasteiger partial charge on any atom is -0.469 e. The molecule has 1 N–H and O–H groups in total. The van der Waals surface area contributed by atoms with Gasteiger partial charge in [-0.05, 0) is 43.1 Å². The Kier molecular flexibility index (Phi) is 6.83. The Labute approximate surface area is 225 Å². The number of Topliss-reactive ketones (excluding diaryl/α,β-unsaturated/α-hetero) is 3. The third kappa shape index (κ3) is 3.75. The van der Waals surface area contributed by atoms with Crippen molar-refractivity contribution in [1.82, 2.24) is 0 Å². The van der Waals surface area contributed by atoms with E-state index in [4.69, 9.17) is 4.74 Å². The summed E-state index contributed by atoms with van der Waals surface area (Å²) in [6, 6.07) is 0. The molecule has 4 aliphatic carbocycles. The molecule has 7 heteroatoms. The molecule has 1 saturated carbocycles. The minimum absolute atomic E-state index is 0.0420. The van der Waals surface area contributed by atoms with Crippen LogP contribution in [0.5, 0.6) is 0 Å². The summed E-state index contributed by atoms with van der Waals surface area (Å²) in [6.45, 7) is 13.2. The molecule has 7 atom stereocenters. The fourth-order valence-corrected chi connectivity index (χ4v) is 8.46. The van der Waals surface area contributed by atoms with Gasteiger partial charge in [-0.2, -0.15) is 0 Å². The normalized spacial score (nSPS) is 37.6. The Hall–Kier alpha value is -2.41. The van der Waals surface area contributed by atoms with Crippen molar-refractivity contribution in [2.24, 2.45) is 39.4 Å². The third-order valence-electron chi connectivity index (χ3n) is 11.0. The molecular weight excluding hydrogens is 484 g/mol. The van der Waals surface area contributed by atoms with E-state index in [1.807, 2.05) is 34.6 Å². The number of carbonyl (C=O) groups is 5. The number of allylic oxidation sites excluding steroid dienone is 4. The maximum atomic E-state index is 14.0. The van der Waals surface area contributed by atoms with Crippen LogP contribution in [0.15, 0.2) is 22.8 Å². The highest BCUT2D eigenvalue weighted by atomic mass is 16.5. The molecule has 7 nitrogen and oxygen atoms in total. The fraction of sp³-hybridized carbons (Fsp3) is 0.710. The second-order valence-electron chi connectivity index (χ2n) is 13.5. The Morgan fingerprint density at radius 3 is 2.26 bits per heavy atom. The molecular formula is C31H42O7. The average Bonchev–Trinajstić information content (AvgIpc) is 3.03. The van der Waals surface area contributed by atoms with Crippen molar-refractivity contribution < 1.29 is 33.8 Å². The highest BCUT2D eigenvalue weighted by Gasteiger charge is 2.68. The number of aliphatic hydroxyl groups is 1. The zero-order valence-electron chi connectivity index (χ0n) is 24.0. The van der Waals surface area contributed by atoms with Crippen molar-refractivity contribution in [3.63, 3.8) is 0 Å². The number of rotatable bonds is 6. The van der Waals surface area contributed by atoms with E-state index >= 15 is 0 Å². The van der Waals surface area contributed by atoms with Crippen LogP contribution in [-0.2, 0) is 28.7 Å². The van der Waals surface area contributed by atoms with Gasteiger partial charge in [0, 0.05) is 47.7 Å². The monoisotopic (exact) mass is 526 g/mol. The second kappa shape index (κ2) is 9.07. The minimum atomic E-state index is -1.19. The van der Waals surface area contributed by atoms with Gasteiger partial charge in [0.25, 0.3) is 0 Å². The first-order valence-corrected chi connectivity index (χ1v) is 13.8. The smallest absolute Gasteiger partial charge is 0.308 e. The summed E-state index contributed by atoms with van der Waals surface area (Å²) in [5.74, 6) is -2.12. The average molecular weight is 527 g/mol. The van der Waals surface area contributed by atoms with Gasteiger partial charge in [0.05, 0.1) is 24.5 Å². The summed E-state index contributed by atoms with van der Waals surface area (Å²) in [6.07, 6.45) is 2.60. The first kappa shape index (κ1) is 28.6. The number of ketones is 4. The highest BCUT2D eigenvalue weighted by Crippen LogP contribution is 2.68. The zero-order valence-corrected chi connectivity index (χ0v) is 24.0. The standard InChI is InChI=1S/C31H42O7/c1-16(11-18(32)12-17(2)27(37)38-8)19-13-24(36)31(7)26-20(33)14-22-28(3,4)23(35)9-10-29(22,5)25(26)21(34)15-30(19,31)6/h13,16-17,22-23,35H,9-12,14-15H2,1-8H3/t16-,17-,22+,23+,29+,30-,31+/m1/s1. The van der Waals surface area contributed by atoms with Crippen LogP contribution in [0, 0.1) is 39.4 Å². The van der Waals surface area contributed by atoms with E-state index in [1.54, 1.807) is 19.9 Å². The summed E-state index contributed by atoms with van der Waals surface area (Å²) < 4.78 is 4.73. The molecule has 4 rings (SSSR count). The van der Waals surface area contributed by atoms with Crippen molar-refractivity contribution in [2.75, 3.05) is 7.11 Å². The predicted octanol–water partition coefficient (Wildman–Crippen LogP) is 4.35. The van der Waals surface area contributed by atoms with Gasteiger partial charge in [-0.3, -0.25) is 24.0 Å². The van der Waals surface area contributed by atoms with Crippen LogP contribution in [0.3, 0.4) is 0 Å². The van der Waals surface area contributed by atoms with E-state index in [-0.39, 0.29) is 60.7 Å². The van der Waals surface area contributed by atoms with E-state index in [0.29, 0.717) is 24.0 Å². The first-order valence-electron chi connectivity index (χ1n) is 13.8. The second-order valence-corrected chi connectivity index (χ2v) is 13.5. The largest absolute Gasteiger partial charge is 0.469 e. The van der Waals surface area contributed by atoms with Gasteiger partial charge >= 0.3 is 5.97 Å². The fourth-order valence-electron chi connectivity index (χ4n) is 8.46. The number of hydrogen-bond acceptors (Lipinski definition) is 7. The van der Waals surface area contributed by atoms with E-state index in [1.165, 1.54) is 7.11 Å². The first-order chi connectivity index (χ1) is 17.5. The van der Waals surface area contributed by atoms with Crippen LogP contribution < -0.4 is 0 Å². The zero-order chi connectivity index (χ0) is 28.6. The molecule has 0 amide bonds. The number of fused-ring (bicyclic) bond motifs is 4. The summed E-state index contributed by atoms with van der Waals surface area (Å²) in [4.78, 5) is 66.4. The lowest BCUT2D eigenvalue weighted by molar-refractivity contribution is -0.146. The SMILES string of the molecule is COC(=O)[C@H](C)CC(=O)C[C@@H](C)C1=CC(=O)[C@@]2(C)C3=C(C(=O)C[C@]12C)[C@@]1(C)CC[C@H](O)C(C)(C)[C@@H]1CC3=O. The number of ether oxygens (including phenoxy) is 1. The van der Waals surface area contributed by atoms with Gasteiger partial charge in [-0.15, -0.1) is 0 Å². The maximum absolute atomic E-state index is 14.0. The van der Waals surface area contributed by atoms with Crippen molar-refractivity contribution in [2.45, 2.75) is 93.1 Å². The molecule has 0 aromatic heterocycles. The molecule has 0 spiro atoms. The molecule has 208 valence electrons. The molecule has 0 aromatic rings. The molecule has 0 bridgehead atoms. The maximum Gasteiger partial charge on any atom is 0.308 e. The topological polar surface area (TPSA) is 115 Å². The lowest BCUT2D eigenvalue weighted by Crippen LogP contribution is -2.59. The number of esters is 1. The summed E-state index contributed by atoms with van der Waals surface area (Å²) in [7, 11) is 1.29. The lowest BCUT2D eigenvalue weighted by atomic mass is 9.42. The van der Waals surface area contributed by atoms with Crippen LogP contribution in [0.25, 0.3) is 0 Å². The van der Waals surface area contributed by atoms with Crippen LogP contribution in [0.1, 0.15) is 87.0 Å². The Balaban J connectivity index is 1.73. The summed E-state index contributed by atoms with van der Waals surface area (Å²) in [5, 5.41) is 10.8. The van der Waals surface area contributed by atoms with Gasteiger partial charge in [0.15, 0.2) is 17.3 Å². The molecule has 0 heterocycles. The van der Waals surface area contributed by atoms with E-state index < -0.39 is 39.7 Å². The molecule has 0 radical (unpaired) electrons. The van der Waals surface area contributed by atoms with Gasteiger partial charge < -0.3 is 9.84 Å². The van der Waals surface area contributed by atoms with Crippen molar-refractivity contribution in [3.05, 3.63) is 22.8 Å². The highest BCUT2D eigenvalue weighted by molar-refractivity contribution is 6.19. The summed E-state index contributed by atoms with van der Waals surface area (Å²) >= 11 is 0. The predicted molar refractivity (Wildman–Crippen MR) is 141 cm³/mol. The molecule has 0 aliphatic heterocycles. The van der Waals surface area contributed by atoms with Gasteiger partial charge in [-0.1, -0.05) is 47.1 Å². The van der Waals surface area contributed by atoms with Crippen molar-refractivity contribution in [3.8, 4) is 0 Å². The number of carbonyl (C=O) groups excluding carboxylic acids is 5. The van der Waals surface area contributed by atoms with Crippen LogP contribution in [-0.4, -0.2) is 47.4 Å². The Morgan fingerprint density at radius 1 is 1.03 bits per heavy atom. The molecule has 0 aromatic carbocycles. The number of aliphatic hydroxyl groups excluding tert-OH is 1.